The zero-order valence-corrected chi connectivity index (χ0v) is 11.4. The summed E-state index contributed by atoms with van der Waals surface area (Å²) in [6.45, 7) is 5.11. The first kappa shape index (κ1) is 13.9. The van der Waals surface area contributed by atoms with E-state index in [4.69, 9.17) is 5.84 Å². The molecule has 0 unspecified atom stereocenters. The Balaban J connectivity index is 2.48. The third kappa shape index (κ3) is 2.43. The Morgan fingerprint density at radius 3 is 2.60 bits per heavy atom. The molecule has 20 heavy (non-hydrogen) atoms. The fraction of sp³-hybridized carbons (Fsp3) is 0.364. The summed E-state index contributed by atoms with van der Waals surface area (Å²) in [5, 5.41) is 11.9. The molecule has 2 aromatic rings. The number of amides is 1. The maximum atomic E-state index is 11.6. The summed E-state index contributed by atoms with van der Waals surface area (Å²) in [4.78, 5) is 25.5. The molecular weight excluding hydrogens is 262 g/mol. The van der Waals surface area contributed by atoms with Crippen LogP contribution in [0.5, 0.6) is 0 Å². The molecule has 2 aromatic heterocycles. The van der Waals surface area contributed by atoms with E-state index in [0.717, 1.165) is 5.56 Å². The predicted molar refractivity (Wildman–Crippen MR) is 70.0 cm³/mol. The van der Waals surface area contributed by atoms with Crippen molar-refractivity contribution in [2.75, 3.05) is 0 Å². The first-order chi connectivity index (χ1) is 9.43. The molecule has 0 aromatic carbocycles. The summed E-state index contributed by atoms with van der Waals surface area (Å²) in [6.07, 6.45) is 0.109. The van der Waals surface area contributed by atoms with Crippen molar-refractivity contribution in [1.82, 2.24) is 30.4 Å². The summed E-state index contributed by atoms with van der Waals surface area (Å²) >= 11 is 0. The van der Waals surface area contributed by atoms with Crippen LogP contribution in [0.3, 0.4) is 0 Å². The number of aromatic amines is 1. The van der Waals surface area contributed by atoms with Crippen LogP contribution in [0.25, 0.3) is 5.95 Å². The maximum absolute atomic E-state index is 11.6. The van der Waals surface area contributed by atoms with Gasteiger partial charge < -0.3 is 0 Å². The Morgan fingerprint density at radius 1 is 1.30 bits per heavy atom. The number of rotatable bonds is 3. The van der Waals surface area contributed by atoms with Gasteiger partial charge in [-0.25, -0.2) is 10.5 Å². The second kappa shape index (κ2) is 5.21. The van der Waals surface area contributed by atoms with Gasteiger partial charge in [0.2, 0.25) is 5.91 Å². The molecule has 2 heterocycles. The van der Waals surface area contributed by atoms with Gasteiger partial charge in [0.1, 0.15) is 5.69 Å². The van der Waals surface area contributed by atoms with E-state index in [9.17, 15) is 9.59 Å². The SMILES string of the molecule is Cc1nn(-c2nnc(C)c(=O)[nH]2)c(C)c1CC(=O)NN. The minimum absolute atomic E-state index is 0.109. The van der Waals surface area contributed by atoms with Crippen LogP contribution in [0, 0.1) is 20.8 Å². The molecule has 0 saturated heterocycles. The van der Waals surface area contributed by atoms with Crippen LogP contribution in [0.4, 0.5) is 0 Å². The number of hydrogen-bond donors (Lipinski definition) is 3. The minimum Gasteiger partial charge on any atom is -0.294 e. The molecule has 106 valence electrons. The molecule has 0 radical (unpaired) electrons. The Bertz CT molecular complexity index is 716. The molecule has 1 amide bonds. The van der Waals surface area contributed by atoms with Gasteiger partial charge in [0.25, 0.3) is 11.5 Å². The first-order valence-electron chi connectivity index (χ1n) is 5.92. The van der Waals surface area contributed by atoms with Gasteiger partial charge in [-0.1, -0.05) is 0 Å². The van der Waals surface area contributed by atoms with E-state index in [-0.39, 0.29) is 29.5 Å². The van der Waals surface area contributed by atoms with Crippen molar-refractivity contribution in [3.63, 3.8) is 0 Å². The zero-order valence-electron chi connectivity index (χ0n) is 11.4. The first-order valence-corrected chi connectivity index (χ1v) is 5.92. The molecule has 0 spiro atoms. The number of hydrazine groups is 1. The van der Waals surface area contributed by atoms with Gasteiger partial charge in [-0.3, -0.25) is 20.0 Å². The van der Waals surface area contributed by atoms with Crippen LogP contribution < -0.4 is 16.8 Å². The number of carbonyl (C=O) groups excluding carboxylic acids is 1. The fourth-order valence-corrected chi connectivity index (χ4v) is 1.83. The summed E-state index contributed by atoms with van der Waals surface area (Å²) in [5.74, 6) is 4.97. The third-order valence-corrected chi connectivity index (χ3v) is 2.99. The van der Waals surface area contributed by atoms with Crippen molar-refractivity contribution in [3.05, 3.63) is 33.0 Å². The lowest BCUT2D eigenvalue weighted by Gasteiger charge is -2.03. The highest BCUT2D eigenvalue weighted by Gasteiger charge is 2.17. The summed E-state index contributed by atoms with van der Waals surface area (Å²) in [5.41, 5.74) is 4.11. The van der Waals surface area contributed by atoms with Gasteiger partial charge in [-0.2, -0.15) is 5.10 Å². The highest BCUT2D eigenvalue weighted by atomic mass is 16.2. The Labute approximate surface area is 114 Å². The molecule has 0 aliphatic rings. The number of nitrogens with two attached hydrogens (primary N) is 1. The Kier molecular flexibility index (Phi) is 3.61. The van der Waals surface area contributed by atoms with Crippen molar-refractivity contribution < 1.29 is 4.79 Å². The standard InChI is InChI=1S/C11H15N7O2/c1-5-8(4-9(19)14-12)7(3)18(17-5)11-13-10(20)6(2)15-16-11/h4,12H2,1-3H3,(H,14,19)(H,13,16,20). The van der Waals surface area contributed by atoms with Crippen molar-refractivity contribution in [3.8, 4) is 5.95 Å². The van der Waals surface area contributed by atoms with Gasteiger partial charge in [0.05, 0.1) is 12.1 Å². The molecule has 4 N–H and O–H groups in total. The van der Waals surface area contributed by atoms with E-state index in [1.807, 2.05) is 0 Å². The molecule has 0 fully saturated rings. The average molecular weight is 277 g/mol. The molecule has 0 aliphatic carbocycles. The fourth-order valence-electron chi connectivity index (χ4n) is 1.83. The highest BCUT2D eigenvalue weighted by molar-refractivity contribution is 5.78. The number of hydrogen-bond acceptors (Lipinski definition) is 6. The monoisotopic (exact) mass is 277 g/mol. The topological polar surface area (TPSA) is 132 Å². The summed E-state index contributed by atoms with van der Waals surface area (Å²) in [6, 6.07) is 0. The lowest BCUT2D eigenvalue weighted by atomic mass is 10.1. The number of carbonyl (C=O) groups is 1. The van der Waals surface area contributed by atoms with E-state index in [1.165, 1.54) is 4.68 Å². The molecule has 0 bridgehead atoms. The van der Waals surface area contributed by atoms with Gasteiger partial charge in [0.15, 0.2) is 0 Å². The lowest BCUT2D eigenvalue weighted by Crippen LogP contribution is -2.31. The normalized spacial score (nSPS) is 10.6. The predicted octanol–water partition coefficient (Wildman–Crippen LogP) is -1.19. The maximum Gasteiger partial charge on any atom is 0.274 e. The van der Waals surface area contributed by atoms with E-state index >= 15 is 0 Å². The van der Waals surface area contributed by atoms with Crippen LogP contribution in [-0.4, -0.2) is 30.9 Å². The third-order valence-electron chi connectivity index (χ3n) is 2.99. The molecule has 0 aliphatic heterocycles. The van der Waals surface area contributed by atoms with Gasteiger partial charge in [-0.15, -0.1) is 10.2 Å². The van der Waals surface area contributed by atoms with E-state index < -0.39 is 0 Å². The second-order valence-corrected chi connectivity index (χ2v) is 4.37. The van der Waals surface area contributed by atoms with E-state index in [0.29, 0.717) is 11.4 Å². The molecule has 0 saturated carbocycles. The highest BCUT2D eigenvalue weighted by Crippen LogP contribution is 2.15. The van der Waals surface area contributed by atoms with Crippen LogP contribution in [0.1, 0.15) is 22.6 Å². The largest absolute Gasteiger partial charge is 0.294 e. The quantitative estimate of drug-likeness (QED) is 0.367. The molecule has 2 rings (SSSR count). The smallest absolute Gasteiger partial charge is 0.274 e. The van der Waals surface area contributed by atoms with Crippen molar-refractivity contribution >= 4 is 5.91 Å². The van der Waals surface area contributed by atoms with Crippen molar-refractivity contribution in [2.24, 2.45) is 5.84 Å². The molecule has 9 nitrogen and oxygen atoms in total. The van der Waals surface area contributed by atoms with Crippen LogP contribution in [-0.2, 0) is 11.2 Å². The summed E-state index contributed by atoms with van der Waals surface area (Å²) in [7, 11) is 0. The van der Waals surface area contributed by atoms with Gasteiger partial charge in [-0.05, 0) is 20.8 Å². The van der Waals surface area contributed by atoms with E-state index in [1.54, 1.807) is 20.8 Å². The van der Waals surface area contributed by atoms with Crippen LogP contribution >= 0.6 is 0 Å². The van der Waals surface area contributed by atoms with Crippen LogP contribution in [0.2, 0.25) is 0 Å². The molecular formula is C11H15N7O2. The number of nitrogens with one attached hydrogen (secondary N) is 2. The Hall–Kier alpha value is -2.55. The number of H-pyrrole nitrogens is 1. The van der Waals surface area contributed by atoms with Crippen molar-refractivity contribution in [2.45, 2.75) is 27.2 Å². The number of aromatic nitrogens is 5. The zero-order chi connectivity index (χ0) is 14.9. The minimum atomic E-state index is -0.330. The average Bonchev–Trinajstić information content (AvgIpc) is 2.69. The van der Waals surface area contributed by atoms with Crippen LogP contribution in [0.15, 0.2) is 4.79 Å². The number of aryl methyl sites for hydroxylation is 2. The van der Waals surface area contributed by atoms with E-state index in [2.05, 4.69) is 25.7 Å². The van der Waals surface area contributed by atoms with Crippen molar-refractivity contribution in [1.29, 1.82) is 0 Å². The Morgan fingerprint density at radius 2 is 2.00 bits per heavy atom. The molecule has 9 heteroatoms. The number of nitrogens with zero attached hydrogens (tertiary/aromatic N) is 4. The lowest BCUT2D eigenvalue weighted by molar-refractivity contribution is -0.120. The second-order valence-electron chi connectivity index (χ2n) is 4.37. The molecule has 0 atom stereocenters. The van der Waals surface area contributed by atoms with Gasteiger partial charge >= 0.3 is 0 Å². The van der Waals surface area contributed by atoms with Gasteiger partial charge in [0, 0.05) is 11.3 Å². The summed E-state index contributed by atoms with van der Waals surface area (Å²) < 4.78 is 1.45.